The first-order chi connectivity index (χ1) is 23.9. The van der Waals surface area contributed by atoms with Gasteiger partial charge in [-0.1, -0.05) is 91.0 Å². The number of hydrogen-bond acceptors (Lipinski definition) is 11. The highest BCUT2D eigenvalue weighted by molar-refractivity contribution is 7.98. The largest absolute Gasteiger partial charge is 0.523 e. The van der Waals surface area contributed by atoms with Crippen LogP contribution in [-0.2, 0) is 38.9 Å². The molecule has 0 spiro atoms. The SMILES string of the molecule is CSc1nc(F)nc2c1ncn2[C@@H]1O[C@H](COC(c2ccccc2)(c2ccccc2)c2ccccc2)[C@@H](OC(C)=O)[C@H]1OS(=O)(=O)C(F)(F)F. The van der Waals surface area contributed by atoms with Crippen molar-refractivity contribution in [2.45, 2.75) is 47.6 Å². The molecule has 11 nitrogen and oxygen atoms in total. The first kappa shape index (κ1) is 35.4. The van der Waals surface area contributed by atoms with Gasteiger partial charge in [0.15, 0.2) is 24.1 Å². The molecule has 50 heavy (non-hydrogen) atoms. The second kappa shape index (κ2) is 14.1. The van der Waals surface area contributed by atoms with E-state index in [1.54, 1.807) is 6.26 Å². The Balaban J connectivity index is 1.49. The molecule has 5 aromatic rings. The molecule has 3 heterocycles. The Kier molecular flexibility index (Phi) is 9.96. The minimum Gasteiger partial charge on any atom is -0.457 e. The lowest BCUT2D eigenvalue weighted by molar-refractivity contribution is -0.155. The number of rotatable bonds is 11. The van der Waals surface area contributed by atoms with Gasteiger partial charge >= 0.3 is 27.7 Å². The molecule has 6 rings (SSSR count). The summed E-state index contributed by atoms with van der Waals surface area (Å²) in [5, 5.41) is 0.0967. The van der Waals surface area contributed by atoms with Gasteiger partial charge < -0.3 is 14.2 Å². The number of ether oxygens (including phenoxy) is 3. The first-order valence-electron chi connectivity index (χ1n) is 14.9. The van der Waals surface area contributed by atoms with Crippen molar-refractivity contribution in [3.63, 3.8) is 0 Å². The van der Waals surface area contributed by atoms with Crippen LogP contribution in [0.1, 0.15) is 29.8 Å². The number of alkyl halides is 3. The molecule has 2 aromatic heterocycles. The third kappa shape index (κ3) is 6.70. The minimum absolute atomic E-state index is 0.0555. The molecule has 0 saturated carbocycles. The average Bonchev–Trinajstić information content (AvgIpc) is 3.65. The van der Waals surface area contributed by atoms with Crippen LogP contribution in [0.3, 0.4) is 0 Å². The molecule has 0 aliphatic carbocycles. The van der Waals surface area contributed by atoms with Crippen LogP contribution in [0.5, 0.6) is 0 Å². The third-order valence-electron chi connectivity index (χ3n) is 7.94. The van der Waals surface area contributed by atoms with Gasteiger partial charge in [0.1, 0.15) is 22.2 Å². The molecular formula is C33H28F4N4O7S2. The number of imidazole rings is 1. The highest BCUT2D eigenvalue weighted by atomic mass is 32.2. The van der Waals surface area contributed by atoms with Crippen LogP contribution >= 0.6 is 11.8 Å². The number of halogens is 4. The Morgan fingerprint density at radius 1 is 0.900 bits per heavy atom. The number of nitrogens with zero attached hydrogens (tertiary/aromatic N) is 4. The monoisotopic (exact) mass is 732 g/mol. The standard InChI is InChI=1S/C33H28F4N4O7S2/c1-20(42)46-26-24(18-45-32(21-12-6-3-7-13-21,22-14-8-4-9-15-22)23-16-10-5-11-17-23)47-30(27(26)48-50(43,44)33(35,36)37)41-19-38-25-28(41)39-31(34)40-29(25)49-2/h3-17,19,24,26-27,30H,18H2,1-2H3/t24-,26-,27-,30-/m1/s1. The van der Waals surface area contributed by atoms with Crippen molar-refractivity contribution >= 4 is 39.0 Å². The summed E-state index contributed by atoms with van der Waals surface area (Å²) in [6.45, 7) is 0.508. The van der Waals surface area contributed by atoms with E-state index in [-0.39, 0.29) is 16.2 Å². The molecule has 1 aliphatic heterocycles. The van der Waals surface area contributed by atoms with E-state index in [2.05, 4.69) is 15.0 Å². The van der Waals surface area contributed by atoms with Crippen LogP contribution in [-0.4, -0.2) is 70.6 Å². The summed E-state index contributed by atoms with van der Waals surface area (Å²) in [5.74, 6) is -0.976. The zero-order valence-electron chi connectivity index (χ0n) is 26.2. The number of esters is 1. The summed E-state index contributed by atoms with van der Waals surface area (Å²) in [6, 6.07) is 27.3. The zero-order valence-corrected chi connectivity index (χ0v) is 27.9. The molecule has 0 N–H and O–H groups in total. The molecule has 4 atom stereocenters. The van der Waals surface area contributed by atoms with Gasteiger partial charge in [-0.05, 0) is 22.9 Å². The van der Waals surface area contributed by atoms with Crippen LogP contribution in [0.4, 0.5) is 17.6 Å². The van der Waals surface area contributed by atoms with Crippen LogP contribution in [0.2, 0.25) is 0 Å². The van der Waals surface area contributed by atoms with Crippen LogP contribution in [0.15, 0.2) is 102 Å². The Labute approximate surface area is 287 Å². The van der Waals surface area contributed by atoms with Crippen LogP contribution in [0, 0.1) is 6.08 Å². The Morgan fingerprint density at radius 2 is 1.44 bits per heavy atom. The molecule has 1 fully saturated rings. The van der Waals surface area contributed by atoms with E-state index in [9.17, 15) is 30.8 Å². The number of hydrogen-bond donors (Lipinski definition) is 0. The molecular weight excluding hydrogens is 705 g/mol. The molecule has 3 aromatic carbocycles. The Morgan fingerprint density at radius 3 is 1.92 bits per heavy atom. The Hall–Kier alpha value is -4.42. The molecule has 1 saturated heterocycles. The quantitative estimate of drug-likeness (QED) is 0.0240. The van der Waals surface area contributed by atoms with E-state index in [0.29, 0.717) is 16.7 Å². The minimum atomic E-state index is -6.30. The summed E-state index contributed by atoms with van der Waals surface area (Å²) < 4.78 is 105. The second-order valence-corrected chi connectivity index (χ2v) is 13.4. The maximum absolute atomic E-state index is 14.5. The lowest BCUT2D eigenvalue weighted by atomic mass is 9.80. The third-order valence-corrected chi connectivity index (χ3v) is 9.66. The van der Waals surface area contributed by atoms with E-state index in [0.717, 1.165) is 29.6 Å². The number of carbonyl (C=O) groups excluding carboxylic acids is 1. The normalized spacial score (nSPS) is 19.9. The van der Waals surface area contributed by atoms with Gasteiger partial charge in [0.2, 0.25) is 0 Å². The van der Waals surface area contributed by atoms with Gasteiger partial charge in [0.25, 0.3) is 0 Å². The molecule has 17 heteroatoms. The fraction of sp³-hybridized carbons (Fsp3) is 0.273. The lowest BCUT2D eigenvalue weighted by Crippen LogP contribution is -2.44. The van der Waals surface area contributed by atoms with Crippen molar-refractivity contribution in [2.24, 2.45) is 0 Å². The first-order valence-corrected chi connectivity index (χ1v) is 17.6. The number of benzene rings is 3. The molecule has 0 amide bonds. The van der Waals surface area contributed by atoms with Gasteiger partial charge in [-0.15, -0.1) is 11.8 Å². The molecule has 0 unspecified atom stereocenters. The smallest absolute Gasteiger partial charge is 0.457 e. The maximum Gasteiger partial charge on any atom is 0.523 e. The fourth-order valence-corrected chi connectivity index (χ4v) is 6.98. The van der Waals surface area contributed by atoms with Crippen molar-refractivity contribution < 1.29 is 49.2 Å². The predicted octanol–water partition coefficient (Wildman–Crippen LogP) is 5.76. The topological polar surface area (TPSA) is 132 Å². The maximum atomic E-state index is 14.5. The predicted molar refractivity (Wildman–Crippen MR) is 172 cm³/mol. The van der Waals surface area contributed by atoms with E-state index < -0.39 is 64.4 Å². The fourth-order valence-electron chi connectivity index (χ4n) is 5.87. The number of carbonyl (C=O) groups is 1. The van der Waals surface area contributed by atoms with Gasteiger partial charge in [-0.2, -0.15) is 35.9 Å². The highest BCUT2D eigenvalue weighted by Gasteiger charge is 2.57. The summed E-state index contributed by atoms with van der Waals surface area (Å²) in [5.41, 5.74) is -5.39. The van der Waals surface area contributed by atoms with Crippen LogP contribution in [0.25, 0.3) is 11.2 Å². The van der Waals surface area contributed by atoms with Crippen molar-refractivity contribution in [3.8, 4) is 0 Å². The number of aromatic nitrogens is 4. The molecule has 1 aliphatic rings. The van der Waals surface area contributed by atoms with Crippen molar-refractivity contribution in [3.05, 3.63) is 120 Å². The summed E-state index contributed by atoms with van der Waals surface area (Å²) >= 11 is 1.02. The van der Waals surface area contributed by atoms with Crippen LogP contribution < -0.4 is 0 Å². The van der Waals surface area contributed by atoms with Gasteiger partial charge in [0, 0.05) is 6.92 Å². The van der Waals surface area contributed by atoms with E-state index in [1.807, 2.05) is 91.0 Å². The van der Waals surface area contributed by atoms with E-state index in [4.69, 9.17) is 18.4 Å². The van der Waals surface area contributed by atoms with Crippen molar-refractivity contribution in [1.29, 1.82) is 0 Å². The molecule has 0 radical (unpaired) electrons. The summed E-state index contributed by atoms with van der Waals surface area (Å²) in [4.78, 5) is 24.0. The summed E-state index contributed by atoms with van der Waals surface area (Å²) in [6.07, 6.45) is -5.72. The average molecular weight is 733 g/mol. The highest BCUT2D eigenvalue weighted by Crippen LogP contribution is 2.44. The van der Waals surface area contributed by atoms with Gasteiger partial charge in [-0.25, -0.2) is 4.98 Å². The van der Waals surface area contributed by atoms with Gasteiger partial charge in [0.05, 0.1) is 12.9 Å². The zero-order chi connectivity index (χ0) is 35.7. The lowest BCUT2D eigenvalue weighted by Gasteiger charge is -2.37. The van der Waals surface area contributed by atoms with Crippen molar-refractivity contribution in [2.75, 3.05) is 12.9 Å². The second-order valence-electron chi connectivity index (χ2n) is 11.0. The van der Waals surface area contributed by atoms with Crippen molar-refractivity contribution in [1.82, 2.24) is 19.5 Å². The molecule has 262 valence electrons. The van der Waals surface area contributed by atoms with E-state index in [1.165, 1.54) is 0 Å². The number of fused-ring (bicyclic) bond motifs is 1. The Bertz CT molecular complexity index is 1980. The number of thioether (sulfide) groups is 1. The van der Waals surface area contributed by atoms with E-state index >= 15 is 0 Å². The molecule has 0 bridgehead atoms. The van der Waals surface area contributed by atoms with Gasteiger partial charge in [-0.3, -0.25) is 13.5 Å². The summed E-state index contributed by atoms with van der Waals surface area (Å²) in [7, 11) is -6.30.